The minimum absolute atomic E-state index is 0.159. The largest absolute Gasteiger partial charge is 0.340 e. The number of unbranched alkanes of at least 4 members (excludes halogenated alkanes) is 1. The second kappa shape index (κ2) is 6.33. The third kappa shape index (κ3) is 2.91. The van der Waals surface area contributed by atoms with Gasteiger partial charge in [-0.25, -0.2) is 9.97 Å². The van der Waals surface area contributed by atoms with Crippen molar-refractivity contribution in [3.05, 3.63) is 35.6 Å². The Balaban J connectivity index is 1.75. The molecule has 0 radical (unpaired) electrons. The Morgan fingerprint density at radius 3 is 2.96 bits per heavy atom. The molecule has 0 atom stereocenters. The lowest BCUT2D eigenvalue weighted by Gasteiger charge is -2.09. The highest BCUT2D eigenvalue weighted by molar-refractivity contribution is 6.28. The van der Waals surface area contributed by atoms with Crippen LogP contribution in [0, 0.1) is 6.92 Å². The average Bonchev–Trinajstić information content (AvgIpc) is 3.16. The van der Waals surface area contributed by atoms with Gasteiger partial charge >= 0.3 is 0 Å². The molecule has 1 aromatic carbocycles. The van der Waals surface area contributed by atoms with Crippen LogP contribution in [0.5, 0.6) is 0 Å². The molecule has 8 heteroatoms. The first-order valence-electron chi connectivity index (χ1n) is 8.26. The topological polar surface area (TPSA) is 84.3 Å². The number of nitrogens with one attached hydrogen (secondary N) is 2. The number of H-pyrrole nitrogens is 1. The Hall–Kier alpha value is -2.67. The second-order valence-electron chi connectivity index (χ2n) is 5.94. The Morgan fingerprint density at radius 2 is 2.12 bits per heavy atom. The summed E-state index contributed by atoms with van der Waals surface area (Å²) in [6, 6.07) is 6.08. The van der Waals surface area contributed by atoms with Crippen LogP contribution >= 0.6 is 11.6 Å². The lowest BCUT2D eigenvalue weighted by atomic mass is 10.2. The van der Waals surface area contributed by atoms with Crippen molar-refractivity contribution in [2.24, 2.45) is 0 Å². The van der Waals surface area contributed by atoms with Crippen LogP contribution < -0.4 is 5.32 Å². The van der Waals surface area contributed by atoms with E-state index in [9.17, 15) is 0 Å². The number of imidazole rings is 2. The third-order valence-electron chi connectivity index (χ3n) is 4.20. The van der Waals surface area contributed by atoms with Crippen LogP contribution in [0.15, 0.2) is 24.5 Å². The SMILES string of the molecule is CCCCn1c(C)nc2ccc(Nc3nc(Cl)nc4nc[nH]c34)cc21. The molecule has 4 rings (SSSR count). The number of fused-ring (bicyclic) bond motifs is 2. The number of benzene rings is 1. The first-order chi connectivity index (χ1) is 12.2. The fourth-order valence-corrected chi connectivity index (χ4v) is 3.12. The molecule has 0 aliphatic heterocycles. The summed E-state index contributed by atoms with van der Waals surface area (Å²) in [7, 11) is 0. The molecular formula is C17H18ClN7. The minimum atomic E-state index is 0.159. The minimum Gasteiger partial charge on any atom is -0.340 e. The van der Waals surface area contributed by atoms with Crippen molar-refractivity contribution < 1.29 is 0 Å². The molecule has 0 amide bonds. The van der Waals surface area contributed by atoms with Gasteiger partial charge in [0.15, 0.2) is 11.5 Å². The third-order valence-corrected chi connectivity index (χ3v) is 4.36. The maximum absolute atomic E-state index is 6.00. The molecule has 4 aromatic rings. The summed E-state index contributed by atoms with van der Waals surface area (Å²) >= 11 is 6.00. The van der Waals surface area contributed by atoms with Gasteiger partial charge in [0, 0.05) is 12.2 Å². The van der Waals surface area contributed by atoms with Crippen molar-refractivity contribution in [1.29, 1.82) is 0 Å². The molecule has 0 aliphatic carbocycles. The van der Waals surface area contributed by atoms with Gasteiger partial charge in [-0.15, -0.1) is 0 Å². The molecule has 3 heterocycles. The quantitative estimate of drug-likeness (QED) is 0.524. The zero-order chi connectivity index (χ0) is 17.4. The first kappa shape index (κ1) is 15.8. The molecule has 7 nitrogen and oxygen atoms in total. The highest BCUT2D eigenvalue weighted by Crippen LogP contribution is 2.26. The fraction of sp³-hybridized carbons (Fsp3) is 0.294. The van der Waals surface area contributed by atoms with E-state index >= 15 is 0 Å². The van der Waals surface area contributed by atoms with Crippen LogP contribution in [-0.4, -0.2) is 29.5 Å². The number of rotatable bonds is 5. The van der Waals surface area contributed by atoms with Crippen LogP contribution in [0.1, 0.15) is 25.6 Å². The van der Waals surface area contributed by atoms with Crippen molar-refractivity contribution in [3.63, 3.8) is 0 Å². The van der Waals surface area contributed by atoms with Gasteiger partial charge in [0.05, 0.1) is 17.4 Å². The zero-order valence-electron chi connectivity index (χ0n) is 14.0. The lowest BCUT2D eigenvalue weighted by molar-refractivity contribution is 0.631. The number of anilines is 2. The van der Waals surface area contributed by atoms with Crippen LogP contribution in [0.4, 0.5) is 11.5 Å². The van der Waals surface area contributed by atoms with Gasteiger partial charge < -0.3 is 14.9 Å². The van der Waals surface area contributed by atoms with Crippen LogP contribution in [-0.2, 0) is 6.54 Å². The van der Waals surface area contributed by atoms with Crippen molar-refractivity contribution in [2.45, 2.75) is 33.2 Å². The number of hydrogen-bond donors (Lipinski definition) is 2. The lowest BCUT2D eigenvalue weighted by Crippen LogP contribution is -2.01. The van der Waals surface area contributed by atoms with E-state index < -0.39 is 0 Å². The van der Waals surface area contributed by atoms with E-state index in [2.05, 4.69) is 47.8 Å². The summed E-state index contributed by atoms with van der Waals surface area (Å²) < 4.78 is 2.25. The molecule has 0 spiro atoms. The van der Waals surface area contributed by atoms with Crippen molar-refractivity contribution in [2.75, 3.05) is 5.32 Å². The van der Waals surface area contributed by atoms with E-state index in [0.29, 0.717) is 11.5 Å². The van der Waals surface area contributed by atoms with E-state index in [1.165, 1.54) is 0 Å². The van der Waals surface area contributed by atoms with Gasteiger partial charge in [0.2, 0.25) is 5.28 Å². The van der Waals surface area contributed by atoms with Gasteiger partial charge in [-0.05, 0) is 43.1 Å². The first-order valence-corrected chi connectivity index (χ1v) is 8.64. The van der Waals surface area contributed by atoms with Gasteiger partial charge in [-0.3, -0.25) is 0 Å². The highest BCUT2D eigenvalue weighted by atomic mass is 35.5. The predicted molar refractivity (Wildman–Crippen MR) is 99.4 cm³/mol. The van der Waals surface area contributed by atoms with Gasteiger partial charge in [0.25, 0.3) is 0 Å². The molecule has 128 valence electrons. The predicted octanol–water partition coefficient (Wildman–Crippen LogP) is 4.21. The monoisotopic (exact) mass is 355 g/mol. The Kier molecular flexibility index (Phi) is 4.01. The van der Waals surface area contributed by atoms with Crippen LogP contribution in [0.3, 0.4) is 0 Å². The molecule has 0 saturated heterocycles. The normalized spacial score (nSPS) is 11.5. The zero-order valence-corrected chi connectivity index (χ0v) is 14.8. The van der Waals surface area contributed by atoms with Gasteiger partial charge in [-0.1, -0.05) is 13.3 Å². The summed E-state index contributed by atoms with van der Waals surface area (Å²) in [6.07, 6.45) is 3.85. The van der Waals surface area contributed by atoms with Crippen LogP contribution in [0.25, 0.3) is 22.2 Å². The number of hydrogen-bond acceptors (Lipinski definition) is 5. The maximum atomic E-state index is 6.00. The molecule has 0 unspecified atom stereocenters. The van der Waals surface area contributed by atoms with Crippen molar-refractivity contribution in [1.82, 2.24) is 29.5 Å². The maximum Gasteiger partial charge on any atom is 0.226 e. The summed E-state index contributed by atoms with van der Waals surface area (Å²) in [5.74, 6) is 1.63. The number of aromatic nitrogens is 6. The number of halogens is 1. The highest BCUT2D eigenvalue weighted by Gasteiger charge is 2.11. The molecular weight excluding hydrogens is 338 g/mol. The van der Waals surface area contributed by atoms with Gasteiger partial charge in [0.1, 0.15) is 11.3 Å². The van der Waals surface area contributed by atoms with E-state index in [1.54, 1.807) is 6.33 Å². The van der Waals surface area contributed by atoms with E-state index in [0.717, 1.165) is 47.4 Å². The molecule has 0 fully saturated rings. The Bertz CT molecular complexity index is 1050. The molecule has 0 aliphatic rings. The Morgan fingerprint density at radius 1 is 1.24 bits per heavy atom. The van der Waals surface area contributed by atoms with E-state index in [1.807, 2.05) is 19.1 Å². The standard InChI is InChI=1S/C17H18ClN7/c1-3-4-7-25-10(2)21-12-6-5-11(8-13(12)25)22-16-14-15(20-9-19-14)23-17(18)24-16/h5-6,8-9H,3-4,7H2,1-2H3,(H2,19,20,22,23,24). The fourth-order valence-electron chi connectivity index (χ4n) is 2.95. The summed E-state index contributed by atoms with van der Waals surface area (Å²) in [6.45, 7) is 5.20. The number of nitrogens with zero attached hydrogens (tertiary/aromatic N) is 5. The second-order valence-corrected chi connectivity index (χ2v) is 6.27. The molecule has 25 heavy (non-hydrogen) atoms. The summed E-state index contributed by atoms with van der Waals surface area (Å²) in [5.41, 5.74) is 4.27. The summed E-state index contributed by atoms with van der Waals surface area (Å²) in [5, 5.41) is 3.47. The number of aryl methyl sites for hydroxylation is 2. The average molecular weight is 356 g/mol. The Labute approximate surface area is 149 Å². The van der Waals surface area contributed by atoms with E-state index in [4.69, 9.17) is 11.6 Å². The van der Waals surface area contributed by atoms with Gasteiger partial charge in [-0.2, -0.15) is 9.97 Å². The molecule has 3 aromatic heterocycles. The van der Waals surface area contributed by atoms with Crippen molar-refractivity contribution in [3.8, 4) is 0 Å². The molecule has 0 bridgehead atoms. The van der Waals surface area contributed by atoms with E-state index in [-0.39, 0.29) is 5.28 Å². The smallest absolute Gasteiger partial charge is 0.226 e. The van der Waals surface area contributed by atoms with Crippen molar-refractivity contribution >= 4 is 45.3 Å². The molecule has 2 N–H and O–H groups in total. The number of aromatic amines is 1. The summed E-state index contributed by atoms with van der Waals surface area (Å²) in [4.78, 5) is 20.2. The molecule has 0 saturated carbocycles. The van der Waals surface area contributed by atoms with Crippen LogP contribution in [0.2, 0.25) is 5.28 Å².